The van der Waals surface area contributed by atoms with Gasteiger partial charge in [-0.3, -0.25) is 0 Å². The maximum atomic E-state index is 5.01. The molecule has 0 aromatic rings. The fraction of sp³-hybridized carbons (Fsp3) is 0.647. The molecule has 2 fully saturated rings. The molecule has 5 heteroatoms. The Hall–Kier alpha value is -1.78. The number of nitrogens with zero attached hydrogens (tertiary/aromatic N) is 5. The van der Waals surface area contributed by atoms with Crippen molar-refractivity contribution in [2.45, 2.75) is 52.9 Å². The van der Waals surface area contributed by atoms with Crippen LogP contribution in [-0.2, 0) is 0 Å². The van der Waals surface area contributed by atoms with Gasteiger partial charge in [0.2, 0.25) is 0 Å². The van der Waals surface area contributed by atoms with Crippen LogP contribution in [0.1, 0.15) is 52.9 Å². The molecule has 5 rings (SSSR count). The average Bonchev–Trinajstić information content (AvgIpc) is 2.85. The van der Waals surface area contributed by atoms with Crippen molar-refractivity contribution in [3.63, 3.8) is 0 Å². The number of rotatable bonds is 0. The normalized spacial score (nSPS) is 37.3. The van der Waals surface area contributed by atoms with E-state index in [2.05, 4.69) is 37.1 Å². The Balaban J connectivity index is 1.69. The maximum Gasteiger partial charge on any atom is 0.270 e. The molecule has 0 N–H and O–H groups in total. The summed E-state index contributed by atoms with van der Waals surface area (Å²) in [6.07, 6.45) is 7.90. The van der Waals surface area contributed by atoms with E-state index in [0.29, 0.717) is 11.9 Å². The zero-order valence-electron chi connectivity index (χ0n) is 13.4. The SMILES string of the molecule is CC1(C)[C@@H]2CC[C@@]1(C)C1=NC3=NN=C4CCCC=C4N3N=C12. The van der Waals surface area contributed by atoms with E-state index in [0.717, 1.165) is 30.7 Å². The number of guanidine groups is 1. The number of allylic oxidation sites excluding steroid dienone is 2. The van der Waals surface area contributed by atoms with Crippen molar-refractivity contribution in [1.82, 2.24) is 5.01 Å². The van der Waals surface area contributed by atoms with Gasteiger partial charge in [0, 0.05) is 11.3 Å². The minimum Gasteiger partial charge on any atom is -0.212 e. The van der Waals surface area contributed by atoms with E-state index in [1.54, 1.807) is 0 Å². The third kappa shape index (κ3) is 1.27. The van der Waals surface area contributed by atoms with Crippen molar-refractivity contribution in [1.29, 1.82) is 0 Å². The van der Waals surface area contributed by atoms with Crippen molar-refractivity contribution in [2.24, 2.45) is 37.0 Å². The summed E-state index contributed by atoms with van der Waals surface area (Å²) < 4.78 is 0. The van der Waals surface area contributed by atoms with E-state index in [1.807, 2.05) is 5.01 Å². The summed E-state index contributed by atoms with van der Waals surface area (Å²) in [6.45, 7) is 7.09. The lowest BCUT2D eigenvalue weighted by Crippen LogP contribution is -2.42. The first-order chi connectivity index (χ1) is 10.5. The molecule has 5 nitrogen and oxygen atoms in total. The average molecular weight is 295 g/mol. The Morgan fingerprint density at radius 3 is 2.95 bits per heavy atom. The smallest absolute Gasteiger partial charge is 0.212 e. The third-order valence-electron chi connectivity index (χ3n) is 6.67. The van der Waals surface area contributed by atoms with Gasteiger partial charge in [-0.2, -0.15) is 10.1 Å². The molecule has 0 unspecified atom stereocenters. The van der Waals surface area contributed by atoms with Crippen LogP contribution in [0.5, 0.6) is 0 Å². The maximum absolute atomic E-state index is 5.01. The molecule has 5 aliphatic rings. The van der Waals surface area contributed by atoms with E-state index < -0.39 is 0 Å². The third-order valence-corrected chi connectivity index (χ3v) is 6.67. The van der Waals surface area contributed by atoms with Gasteiger partial charge in [-0.25, -0.2) is 4.99 Å². The van der Waals surface area contributed by atoms with Crippen LogP contribution in [0.3, 0.4) is 0 Å². The van der Waals surface area contributed by atoms with Gasteiger partial charge in [0.1, 0.15) is 0 Å². The molecule has 0 aromatic heterocycles. The first-order valence-electron chi connectivity index (χ1n) is 8.35. The first kappa shape index (κ1) is 12.7. The Morgan fingerprint density at radius 2 is 2.09 bits per heavy atom. The fourth-order valence-electron chi connectivity index (χ4n) is 4.84. The summed E-state index contributed by atoms with van der Waals surface area (Å²) in [6, 6.07) is 0. The lowest BCUT2D eigenvalue weighted by Gasteiger charge is -2.35. The quantitative estimate of drug-likeness (QED) is 0.676. The van der Waals surface area contributed by atoms with Gasteiger partial charge in [-0.05, 0) is 37.5 Å². The first-order valence-corrected chi connectivity index (χ1v) is 8.35. The monoisotopic (exact) mass is 295 g/mol. The second-order valence-corrected chi connectivity index (χ2v) is 7.83. The second-order valence-electron chi connectivity index (χ2n) is 7.83. The summed E-state index contributed by atoms with van der Waals surface area (Å²) >= 11 is 0. The largest absolute Gasteiger partial charge is 0.270 e. The molecule has 2 atom stereocenters. The Kier molecular flexibility index (Phi) is 2.17. The molecule has 2 aliphatic heterocycles. The zero-order valence-corrected chi connectivity index (χ0v) is 13.4. The summed E-state index contributed by atoms with van der Waals surface area (Å²) in [5.74, 6) is 1.17. The summed E-state index contributed by atoms with van der Waals surface area (Å²) in [5, 5.41) is 15.7. The van der Waals surface area contributed by atoms with Crippen LogP contribution in [0.2, 0.25) is 0 Å². The van der Waals surface area contributed by atoms with Crippen LogP contribution < -0.4 is 0 Å². The molecule has 3 aliphatic carbocycles. The highest BCUT2D eigenvalue weighted by atomic mass is 15.6. The molecule has 0 radical (unpaired) electrons. The van der Waals surface area contributed by atoms with E-state index in [1.165, 1.54) is 24.3 Å². The number of aliphatic imine (C=N–C) groups is 1. The van der Waals surface area contributed by atoms with Crippen molar-refractivity contribution in [3.05, 3.63) is 11.8 Å². The van der Waals surface area contributed by atoms with Crippen molar-refractivity contribution >= 4 is 23.1 Å². The van der Waals surface area contributed by atoms with Crippen LogP contribution >= 0.6 is 0 Å². The Morgan fingerprint density at radius 1 is 1.23 bits per heavy atom. The molecule has 114 valence electrons. The molecule has 0 spiro atoms. The summed E-state index contributed by atoms with van der Waals surface area (Å²) in [5.41, 5.74) is 4.88. The van der Waals surface area contributed by atoms with Crippen LogP contribution in [0.4, 0.5) is 0 Å². The lowest BCUT2D eigenvalue weighted by atomic mass is 9.70. The minimum atomic E-state index is 0.121. The number of hydrogen-bond donors (Lipinski definition) is 0. The van der Waals surface area contributed by atoms with Crippen LogP contribution in [0, 0.1) is 16.7 Å². The number of fused-ring (bicyclic) bond motifs is 8. The van der Waals surface area contributed by atoms with E-state index in [-0.39, 0.29) is 10.8 Å². The number of hydrogen-bond acceptors (Lipinski definition) is 5. The Bertz CT molecular complexity index is 736. The molecular weight excluding hydrogens is 274 g/mol. The standard InChI is InChI=1S/C17H21N5/c1-16(2)10-8-9-17(16,3)14-13(10)21-22-12-7-5-4-6-11(12)19-20-15(22)18-14/h7,10H,4-6,8-9H2,1-3H3/t10-,17+/m1/s1. The van der Waals surface area contributed by atoms with Gasteiger partial charge >= 0.3 is 0 Å². The highest BCUT2D eigenvalue weighted by molar-refractivity contribution is 6.50. The van der Waals surface area contributed by atoms with Gasteiger partial charge in [-0.15, -0.1) is 10.2 Å². The van der Waals surface area contributed by atoms with Gasteiger partial charge in [-0.1, -0.05) is 26.8 Å². The highest BCUT2D eigenvalue weighted by Gasteiger charge is 2.64. The lowest BCUT2D eigenvalue weighted by molar-refractivity contribution is 0.208. The molecule has 2 saturated carbocycles. The van der Waals surface area contributed by atoms with Crippen molar-refractivity contribution in [2.75, 3.05) is 0 Å². The van der Waals surface area contributed by atoms with Gasteiger partial charge in [0.15, 0.2) is 0 Å². The molecule has 22 heavy (non-hydrogen) atoms. The molecule has 2 bridgehead atoms. The van der Waals surface area contributed by atoms with Gasteiger partial charge in [0.05, 0.1) is 22.8 Å². The molecular formula is C17H21N5. The van der Waals surface area contributed by atoms with Gasteiger partial charge < -0.3 is 0 Å². The summed E-state index contributed by atoms with van der Waals surface area (Å²) in [7, 11) is 0. The van der Waals surface area contributed by atoms with Crippen LogP contribution in [-0.4, -0.2) is 28.1 Å². The molecule has 0 saturated heterocycles. The predicted octanol–water partition coefficient (Wildman–Crippen LogP) is 3.35. The van der Waals surface area contributed by atoms with E-state index in [9.17, 15) is 0 Å². The van der Waals surface area contributed by atoms with Crippen LogP contribution in [0.15, 0.2) is 32.1 Å². The van der Waals surface area contributed by atoms with Crippen molar-refractivity contribution < 1.29 is 0 Å². The minimum absolute atomic E-state index is 0.121. The fourth-order valence-corrected chi connectivity index (χ4v) is 4.84. The Labute approximate surface area is 130 Å². The zero-order chi connectivity index (χ0) is 15.1. The highest BCUT2D eigenvalue weighted by Crippen LogP contribution is 2.63. The van der Waals surface area contributed by atoms with E-state index in [4.69, 9.17) is 10.1 Å². The second kappa shape index (κ2) is 3.76. The number of hydrazone groups is 1. The predicted molar refractivity (Wildman–Crippen MR) is 88.1 cm³/mol. The topological polar surface area (TPSA) is 52.7 Å². The van der Waals surface area contributed by atoms with Crippen LogP contribution in [0.25, 0.3) is 0 Å². The van der Waals surface area contributed by atoms with E-state index >= 15 is 0 Å². The van der Waals surface area contributed by atoms with Gasteiger partial charge in [0.25, 0.3) is 5.96 Å². The molecule has 0 amide bonds. The van der Waals surface area contributed by atoms with Crippen molar-refractivity contribution in [3.8, 4) is 0 Å². The molecule has 2 heterocycles. The summed E-state index contributed by atoms with van der Waals surface area (Å²) in [4.78, 5) is 4.92. The molecule has 0 aromatic carbocycles.